The van der Waals surface area contributed by atoms with Crippen LogP contribution in [0.5, 0.6) is 0 Å². The van der Waals surface area contributed by atoms with E-state index in [4.69, 9.17) is 5.26 Å². The van der Waals surface area contributed by atoms with Crippen molar-refractivity contribution < 1.29 is 4.39 Å². The Morgan fingerprint density at radius 2 is 2.05 bits per heavy atom. The summed E-state index contributed by atoms with van der Waals surface area (Å²) in [6.45, 7) is 4.43. The molecule has 0 atom stereocenters. The number of nitriles is 1. The van der Waals surface area contributed by atoms with Gasteiger partial charge in [-0.1, -0.05) is 0 Å². The van der Waals surface area contributed by atoms with E-state index in [0.29, 0.717) is 16.7 Å². The molecule has 0 spiro atoms. The maximum absolute atomic E-state index is 13.4. The highest BCUT2D eigenvalue weighted by atomic mass is 79.9. The van der Waals surface area contributed by atoms with Crippen LogP contribution in [0.15, 0.2) is 22.7 Å². The highest BCUT2D eigenvalue weighted by Gasteiger charge is 2.10. The average Bonchev–Trinajstić information content (AvgIpc) is 2.69. The van der Waals surface area contributed by atoms with E-state index >= 15 is 0 Å². The Hall–Kier alpha value is -1.80. The minimum atomic E-state index is -0.268. The number of rotatable bonds is 3. The fourth-order valence-corrected chi connectivity index (χ4v) is 2.42. The molecule has 0 aliphatic rings. The van der Waals surface area contributed by atoms with Crippen LogP contribution in [0, 0.1) is 31.0 Å². The molecule has 0 aliphatic carbocycles. The highest BCUT2D eigenvalue weighted by Crippen LogP contribution is 2.25. The van der Waals surface area contributed by atoms with Gasteiger partial charge in [-0.05, 0) is 59.1 Å². The van der Waals surface area contributed by atoms with Crippen molar-refractivity contribution in [2.45, 2.75) is 20.4 Å². The SMILES string of the molecule is Cc1cc(F)c(Br)cc1NCc1cc(C#N)n(C)c1C. The topological polar surface area (TPSA) is 40.8 Å². The maximum atomic E-state index is 13.4. The summed E-state index contributed by atoms with van der Waals surface area (Å²) in [5, 5.41) is 12.3. The maximum Gasteiger partial charge on any atom is 0.137 e. The van der Waals surface area contributed by atoms with Gasteiger partial charge in [0.15, 0.2) is 0 Å². The summed E-state index contributed by atoms with van der Waals surface area (Å²) in [7, 11) is 1.87. The van der Waals surface area contributed by atoms with Crippen molar-refractivity contribution in [3.8, 4) is 6.07 Å². The fraction of sp³-hybridized carbons (Fsp3) is 0.267. The Labute approximate surface area is 126 Å². The van der Waals surface area contributed by atoms with E-state index in [9.17, 15) is 4.39 Å². The van der Waals surface area contributed by atoms with Crippen LogP contribution < -0.4 is 5.32 Å². The molecule has 2 rings (SSSR count). The molecule has 0 amide bonds. The summed E-state index contributed by atoms with van der Waals surface area (Å²) in [6.07, 6.45) is 0. The summed E-state index contributed by atoms with van der Waals surface area (Å²) < 4.78 is 15.7. The third-order valence-electron chi connectivity index (χ3n) is 3.49. The van der Waals surface area contributed by atoms with Crippen molar-refractivity contribution in [3.05, 3.63) is 51.0 Å². The summed E-state index contributed by atoms with van der Waals surface area (Å²) in [5.74, 6) is -0.268. The molecule has 3 nitrogen and oxygen atoms in total. The first-order valence-corrected chi connectivity index (χ1v) is 6.98. The van der Waals surface area contributed by atoms with Gasteiger partial charge in [-0.25, -0.2) is 4.39 Å². The lowest BCUT2D eigenvalue weighted by Crippen LogP contribution is -2.03. The average molecular weight is 336 g/mol. The normalized spacial score (nSPS) is 10.4. The third kappa shape index (κ3) is 2.70. The monoisotopic (exact) mass is 335 g/mol. The summed E-state index contributed by atoms with van der Waals surface area (Å²) >= 11 is 3.19. The summed E-state index contributed by atoms with van der Waals surface area (Å²) in [5.41, 5.74) is 4.47. The number of aromatic nitrogens is 1. The van der Waals surface area contributed by atoms with Crippen molar-refractivity contribution in [1.82, 2.24) is 4.57 Å². The second-order valence-electron chi connectivity index (χ2n) is 4.75. The standard InChI is InChI=1S/C15H15BrFN3/c1-9-4-14(17)13(16)6-15(9)19-8-11-5-12(7-18)20(3)10(11)2/h4-6,19H,8H2,1-3H3. The van der Waals surface area contributed by atoms with Gasteiger partial charge in [0.2, 0.25) is 0 Å². The molecule has 1 N–H and O–H groups in total. The van der Waals surface area contributed by atoms with Crippen molar-refractivity contribution in [1.29, 1.82) is 5.26 Å². The number of nitrogens with one attached hydrogen (secondary N) is 1. The molecule has 0 radical (unpaired) electrons. The van der Waals surface area contributed by atoms with Crippen LogP contribution in [-0.2, 0) is 13.6 Å². The van der Waals surface area contributed by atoms with E-state index in [1.807, 2.05) is 31.5 Å². The zero-order chi connectivity index (χ0) is 14.9. The Balaban J connectivity index is 2.22. The summed E-state index contributed by atoms with van der Waals surface area (Å²) in [6, 6.07) is 7.25. The number of hydrogen-bond acceptors (Lipinski definition) is 2. The van der Waals surface area contributed by atoms with Gasteiger partial charge in [0.05, 0.1) is 4.47 Å². The molecule has 0 bridgehead atoms. The second-order valence-corrected chi connectivity index (χ2v) is 5.60. The number of halogens is 2. The van der Waals surface area contributed by atoms with E-state index in [1.165, 1.54) is 6.07 Å². The molecule has 104 valence electrons. The van der Waals surface area contributed by atoms with Crippen LogP contribution in [0.4, 0.5) is 10.1 Å². The molecular weight excluding hydrogens is 321 g/mol. The lowest BCUT2D eigenvalue weighted by atomic mass is 10.2. The summed E-state index contributed by atoms with van der Waals surface area (Å²) in [4.78, 5) is 0. The first-order valence-electron chi connectivity index (χ1n) is 6.19. The predicted molar refractivity (Wildman–Crippen MR) is 81.0 cm³/mol. The van der Waals surface area contributed by atoms with Gasteiger partial charge >= 0.3 is 0 Å². The molecule has 0 saturated carbocycles. The van der Waals surface area contributed by atoms with Crippen molar-refractivity contribution >= 4 is 21.6 Å². The van der Waals surface area contributed by atoms with E-state index in [-0.39, 0.29) is 5.82 Å². The lowest BCUT2D eigenvalue weighted by molar-refractivity contribution is 0.620. The van der Waals surface area contributed by atoms with E-state index < -0.39 is 0 Å². The van der Waals surface area contributed by atoms with Crippen LogP contribution >= 0.6 is 15.9 Å². The van der Waals surface area contributed by atoms with Gasteiger partial charge in [0.25, 0.3) is 0 Å². The van der Waals surface area contributed by atoms with Crippen LogP contribution in [0.3, 0.4) is 0 Å². The van der Waals surface area contributed by atoms with Gasteiger partial charge in [-0.2, -0.15) is 5.26 Å². The molecule has 2 aromatic rings. The van der Waals surface area contributed by atoms with Crippen LogP contribution in [0.2, 0.25) is 0 Å². The van der Waals surface area contributed by atoms with E-state index in [0.717, 1.165) is 22.5 Å². The van der Waals surface area contributed by atoms with Gasteiger partial charge in [-0.3, -0.25) is 0 Å². The molecule has 1 aromatic heterocycles. The minimum absolute atomic E-state index is 0.268. The van der Waals surface area contributed by atoms with Crippen LogP contribution in [0.1, 0.15) is 22.5 Å². The number of aryl methyl sites for hydroxylation is 1. The van der Waals surface area contributed by atoms with Gasteiger partial charge in [0, 0.05) is 25.0 Å². The number of hydrogen-bond donors (Lipinski definition) is 1. The Morgan fingerprint density at radius 3 is 2.65 bits per heavy atom. The predicted octanol–water partition coefficient (Wildman–Crippen LogP) is 4.03. The molecule has 0 unspecified atom stereocenters. The lowest BCUT2D eigenvalue weighted by Gasteiger charge is -2.11. The number of benzene rings is 1. The highest BCUT2D eigenvalue weighted by molar-refractivity contribution is 9.10. The number of nitrogens with zero attached hydrogens (tertiary/aromatic N) is 2. The van der Waals surface area contributed by atoms with Crippen LogP contribution in [-0.4, -0.2) is 4.57 Å². The first kappa shape index (κ1) is 14.6. The molecule has 0 fully saturated rings. The largest absolute Gasteiger partial charge is 0.381 e. The Morgan fingerprint density at radius 1 is 1.35 bits per heavy atom. The zero-order valence-electron chi connectivity index (χ0n) is 11.6. The first-order chi connectivity index (χ1) is 9.43. The van der Waals surface area contributed by atoms with Gasteiger partial charge in [-0.15, -0.1) is 0 Å². The molecule has 5 heteroatoms. The molecule has 1 heterocycles. The fourth-order valence-electron chi connectivity index (χ4n) is 2.08. The van der Waals surface area contributed by atoms with E-state index in [1.54, 1.807) is 6.07 Å². The zero-order valence-corrected chi connectivity index (χ0v) is 13.2. The van der Waals surface area contributed by atoms with Crippen molar-refractivity contribution in [2.75, 3.05) is 5.32 Å². The molecule has 20 heavy (non-hydrogen) atoms. The van der Waals surface area contributed by atoms with E-state index in [2.05, 4.69) is 27.3 Å². The van der Waals surface area contributed by atoms with Crippen molar-refractivity contribution in [3.63, 3.8) is 0 Å². The molecule has 0 aliphatic heterocycles. The molecule has 1 aromatic carbocycles. The van der Waals surface area contributed by atoms with Gasteiger partial charge < -0.3 is 9.88 Å². The Bertz CT molecular complexity index is 698. The van der Waals surface area contributed by atoms with Gasteiger partial charge in [0.1, 0.15) is 17.6 Å². The quantitative estimate of drug-likeness (QED) is 0.919. The minimum Gasteiger partial charge on any atom is -0.381 e. The molecule has 0 saturated heterocycles. The third-order valence-corrected chi connectivity index (χ3v) is 4.10. The second kappa shape index (κ2) is 5.68. The van der Waals surface area contributed by atoms with Crippen LogP contribution in [0.25, 0.3) is 0 Å². The number of anilines is 1. The smallest absolute Gasteiger partial charge is 0.137 e. The molecular formula is C15H15BrFN3. The van der Waals surface area contributed by atoms with Crippen molar-refractivity contribution in [2.24, 2.45) is 7.05 Å². The Kier molecular flexibility index (Phi) is 4.15.